The van der Waals surface area contributed by atoms with Crippen LogP contribution in [0.2, 0.25) is 0 Å². The average molecular weight is 212 g/mol. The van der Waals surface area contributed by atoms with Gasteiger partial charge in [-0.15, -0.1) is 11.3 Å². The Bertz CT molecular complexity index is 328. The van der Waals surface area contributed by atoms with Gasteiger partial charge >= 0.3 is 5.97 Å². The highest BCUT2D eigenvalue weighted by atomic mass is 32.1. The van der Waals surface area contributed by atoms with Crippen molar-refractivity contribution in [2.24, 2.45) is 0 Å². The van der Waals surface area contributed by atoms with E-state index in [0.717, 1.165) is 4.88 Å². The van der Waals surface area contributed by atoms with Crippen LogP contribution >= 0.6 is 11.3 Å². The molecule has 0 amide bonds. The van der Waals surface area contributed by atoms with Crippen molar-refractivity contribution in [2.45, 2.75) is 6.92 Å². The third kappa shape index (κ3) is 2.97. The van der Waals surface area contributed by atoms with Crippen LogP contribution in [0.25, 0.3) is 6.08 Å². The summed E-state index contributed by atoms with van der Waals surface area (Å²) in [6.45, 7) is 2.17. The molecule has 0 aromatic carbocycles. The summed E-state index contributed by atoms with van der Waals surface area (Å²) >= 11 is 1.35. The Hall–Kier alpha value is -1.13. The lowest BCUT2D eigenvalue weighted by atomic mass is 10.4. The Morgan fingerprint density at radius 2 is 2.43 bits per heavy atom. The molecular formula is C10H12O3S. The smallest absolute Gasteiger partial charge is 0.348 e. The molecule has 1 heterocycles. The highest BCUT2D eigenvalue weighted by Crippen LogP contribution is 2.18. The highest BCUT2D eigenvalue weighted by Gasteiger charge is 2.08. The van der Waals surface area contributed by atoms with Crippen LogP contribution in [0, 0.1) is 0 Å². The summed E-state index contributed by atoms with van der Waals surface area (Å²) in [6, 6.07) is 3.54. The van der Waals surface area contributed by atoms with E-state index in [1.807, 2.05) is 6.07 Å². The number of hydrogen-bond donors (Lipinski definition) is 1. The lowest BCUT2D eigenvalue weighted by Crippen LogP contribution is -2.01. The maximum atomic E-state index is 11.2. The van der Waals surface area contributed by atoms with Crippen LogP contribution in [0.3, 0.4) is 0 Å². The maximum absolute atomic E-state index is 11.2. The van der Waals surface area contributed by atoms with Gasteiger partial charge in [-0.3, -0.25) is 0 Å². The van der Waals surface area contributed by atoms with Gasteiger partial charge in [0.2, 0.25) is 0 Å². The Morgan fingerprint density at radius 3 is 3.07 bits per heavy atom. The Morgan fingerprint density at radius 1 is 1.64 bits per heavy atom. The molecule has 1 rings (SSSR count). The summed E-state index contributed by atoms with van der Waals surface area (Å²) < 4.78 is 4.84. The standard InChI is InChI=1S/C10H12O3S/c1-2-13-10(12)9-6-5-8(14-9)4-3-7-11/h3-6,11H,2,7H2,1H3. The van der Waals surface area contributed by atoms with Gasteiger partial charge in [-0.1, -0.05) is 6.08 Å². The highest BCUT2D eigenvalue weighted by molar-refractivity contribution is 7.14. The van der Waals surface area contributed by atoms with Gasteiger partial charge in [-0.2, -0.15) is 0 Å². The van der Waals surface area contributed by atoms with Gasteiger partial charge in [-0.05, 0) is 25.1 Å². The van der Waals surface area contributed by atoms with E-state index in [4.69, 9.17) is 9.84 Å². The van der Waals surface area contributed by atoms with Crippen LogP contribution in [0.1, 0.15) is 21.5 Å². The van der Waals surface area contributed by atoms with Crippen LogP contribution in [0.5, 0.6) is 0 Å². The molecule has 14 heavy (non-hydrogen) atoms. The van der Waals surface area contributed by atoms with E-state index in [1.165, 1.54) is 11.3 Å². The third-order valence-electron chi connectivity index (χ3n) is 1.49. The summed E-state index contributed by atoms with van der Waals surface area (Å²) in [6.07, 6.45) is 3.40. The number of carbonyl (C=O) groups is 1. The fourth-order valence-corrected chi connectivity index (χ4v) is 1.76. The minimum Gasteiger partial charge on any atom is -0.462 e. The topological polar surface area (TPSA) is 46.5 Å². The van der Waals surface area contributed by atoms with E-state index in [0.29, 0.717) is 11.5 Å². The number of thiophene rings is 1. The molecule has 0 aliphatic rings. The van der Waals surface area contributed by atoms with Crippen LogP contribution in [-0.2, 0) is 4.74 Å². The van der Waals surface area contributed by atoms with Gasteiger partial charge in [0.05, 0.1) is 13.2 Å². The van der Waals surface area contributed by atoms with Crippen molar-refractivity contribution in [1.29, 1.82) is 0 Å². The SMILES string of the molecule is CCOC(=O)c1ccc(C=CCO)s1. The van der Waals surface area contributed by atoms with Gasteiger partial charge < -0.3 is 9.84 Å². The number of aliphatic hydroxyl groups excluding tert-OH is 1. The van der Waals surface area contributed by atoms with E-state index >= 15 is 0 Å². The average Bonchev–Trinajstić information content (AvgIpc) is 2.63. The first-order chi connectivity index (χ1) is 6.77. The molecule has 4 heteroatoms. The van der Waals surface area contributed by atoms with E-state index in [9.17, 15) is 4.79 Å². The summed E-state index contributed by atoms with van der Waals surface area (Å²) in [5, 5.41) is 8.55. The fraction of sp³-hybridized carbons (Fsp3) is 0.300. The van der Waals surface area contributed by atoms with Gasteiger partial charge in [-0.25, -0.2) is 4.79 Å². The van der Waals surface area contributed by atoms with Crippen LogP contribution in [0.4, 0.5) is 0 Å². The Kier molecular flexibility index (Phi) is 4.35. The minimum atomic E-state index is -0.291. The number of hydrogen-bond acceptors (Lipinski definition) is 4. The molecule has 0 radical (unpaired) electrons. The van der Waals surface area contributed by atoms with Crippen molar-refractivity contribution in [3.05, 3.63) is 28.0 Å². The molecule has 1 aromatic rings. The van der Waals surface area contributed by atoms with Gasteiger partial charge in [0.25, 0.3) is 0 Å². The van der Waals surface area contributed by atoms with Gasteiger partial charge in [0.1, 0.15) is 4.88 Å². The Balaban J connectivity index is 2.67. The summed E-state index contributed by atoms with van der Waals surface area (Å²) in [7, 11) is 0. The molecule has 0 spiro atoms. The molecule has 0 atom stereocenters. The molecule has 3 nitrogen and oxygen atoms in total. The zero-order valence-corrected chi connectivity index (χ0v) is 8.71. The van der Waals surface area contributed by atoms with E-state index in [-0.39, 0.29) is 12.6 Å². The first-order valence-corrected chi connectivity index (χ1v) is 5.14. The quantitative estimate of drug-likeness (QED) is 0.776. The number of esters is 1. The van der Waals surface area contributed by atoms with Gasteiger partial charge in [0.15, 0.2) is 0 Å². The molecule has 0 bridgehead atoms. The molecule has 0 saturated heterocycles. The number of carbonyl (C=O) groups excluding carboxylic acids is 1. The number of ether oxygens (including phenoxy) is 1. The molecule has 0 unspecified atom stereocenters. The van der Waals surface area contributed by atoms with E-state index in [1.54, 1.807) is 25.1 Å². The van der Waals surface area contributed by atoms with Crippen molar-refractivity contribution in [3.63, 3.8) is 0 Å². The van der Waals surface area contributed by atoms with Crippen molar-refractivity contribution in [3.8, 4) is 0 Å². The lowest BCUT2D eigenvalue weighted by Gasteiger charge is -1.96. The summed E-state index contributed by atoms with van der Waals surface area (Å²) in [5.74, 6) is -0.291. The van der Waals surface area contributed by atoms with Crippen LogP contribution in [-0.4, -0.2) is 24.3 Å². The van der Waals surface area contributed by atoms with Crippen LogP contribution in [0.15, 0.2) is 18.2 Å². The largest absolute Gasteiger partial charge is 0.462 e. The summed E-state index contributed by atoms with van der Waals surface area (Å²) in [4.78, 5) is 12.8. The third-order valence-corrected chi connectivity index (χ3v) is 2.52. The molecular weight excluding hydrogens is 200 g/mol. The fourth-order valence-electron chi connectivity index (χ4n) is 0.923. The zero-order valence-electron chi connectivity index (χ0n) is 7.90. The van der Waals surface area contributed by atoms with Gasteiger partial charge in [0, 0.05) is 4.88 Å². The predicted octanol–water partition coefficient (Wildman–Crippen LogP) is 1.93. The first-order valence-electron chi connectivity index (χ1n) is 4.32. The molecule has 1 aromatic heterocycles. The van der Waals surface area contributed by atoms with Crippen molar-refractivity contribution in [2.75, 3.05) is 13.2 Å². The zero-order chi connectivity index (χ0) is 10.4. The van der Waals surface area contributed by atoms with Crippen molar-refractivity contribution >= 4 is 23.4 Å². The monoisotopic (exact) mass is 212 g/mol. The minimum absolute atomic E-state index is 0.00659. The maximum Gasteiger partial charge on any atom is 0.348 e. The molecule has 0 aliphatic heterocycles. The summed E-state index contributed by atoms with van der Waals surface area (Å²) in [5.41, 5.74) is 0. The predicted molar refractivity (Wildman–Crippen MR) is 56.4 cm³/mol. The second kappa shape index (κ2) is 5.57. The van der Waals surface area contributed by atoms with Crippen LogP contribution < -0.4 is 0 Å². The molecule has 1 N–H and O–H groups in total. The molecule has 0 fully saturated rings. The van der Waals surface area contributed by atoms with E-state index < -0.39 is 0 Å². The second-order valence-corrected chi connectivity index (χ2v) is 3.62. The van der Waals surface area contributed by atoms with E-state index in [2.05, 4.69) is 0 Å². The van der Waals surface area contributed by atoms with Crippen molar-refractivity contribution in [1.82, 2.24) is 0 Å². The normalized spacial score (nSPS) is 10.7. The Labute approximate surface area is 86.6 Å². The number of aliphatic hydroxyl groups is 1. The molecule has 76 valence electrons. The number of rotatable bonds is 4. The second-order valence-electron chi connectivity index (χ2n) is 2.51. The molecule has 0 saturated carbocycles. The van der Waals surface area contributed by atoms with Crippen molar-refractivity contribution < 1.29 is 14.6 Å². The lowest BCUT2D eigenvalue weighted by molar-refractivity contribution is 0.0532. The molecule has 0 aliphatic carbocycles. The first kappa shape index (κ1) is 10.9.